The van der Waals surface area contributed by atoms with E-state index in [4.69, 9.17) is 0 Å². The second-order valence-corrected chi connectivity index (χ2v) is 5.72. The van der Waals surface area contributed by atoms with Gasteiger partial charge in [-0.3, -0.25) is 4.90 Å². The minimum Gasteiger partial charge on any atom is -0.384 e. The zero-order valence-electron chi connectivity index (χ0n) is 12.0. The van der Waals surface area contributed by atoms with Gasteiger partial charge < -0.3 is 10.2 Å². The highest BCUT2D eigenvalue weighted by atomic mass is 16.3. The molecule has 2 aromatic carbocycles. The van der Waals surface area contributed by atoms with Crippen molar-refractivity contribution < 1.29 is 10.2 Å². The van der Waals surface area contributed by atoms with Crippen molar-refractivity contribution in [3.63, 3.8) is 0 Å². The fourth-order valence-corrected chi connectivity index (χ4v) is 3.27. The maximum Gasteiger partial charge on any atom is 0.0989 e. The van der Waals surface area contributed by atoms with Gasteiger partial charge in [-0.05, 0) is 17.5 Å². The minimum absolute atomic E-state index is 0.0359. The van der Waals surface area contributed by atoms with Crippen LogP contribution < -0.4 is 0 Å². The first kappa shape index (κ1) is 14.3. The maximum atomic E-state index is 11.4. The molecular weight excluding hydrogens is 262 g/mol. The van der Waals surface area contributed by atoms with Crippen LogP contribution in [0.3, 0.4) is 0 Å². The summed E-state index contributed by atoms with van der Waals surface area (Å²) in [5.41, 5.74) is 1.19. The Kier molecular flexibility index (Phi) is 4.06. The predicted octanol–water partition coefficient (Wildman–Crippen LogP) is 2.31. The van der Waals surface area contributed by atoms with Crippen LogP contribution in [0.2, 0.25) is 0 Å². The van der Waals surface area contributed by atoms with Gasteiger partial charge in [-0.1, -0.05) is 60.7 Å². The zero-order chi connectivity index (χ0) is 14.7. The molecule has 1 fully saturated rings. The third-order valence-electron chi connectivity index (χ3n) is 4.50. The van der Waals surface area contributed by atoms with Crippen molar-refractivity contribution in [2.45, 2.75) is 17.9 Å². The van der Waals surface area contributed by atoms with E-state index in [2.05, 4.69) is 12.1 Å². The molecule has 0 amide bonds. The molecule has 0 aromatic heterocycles. The summed E-state index contributed by atoms with van der Waals surface area (Å²) in [6.45, 7) is 1.39. The average Bonchev–Trinajstić information content (AvgIpc) is 2.57. The van der Waals surface area contributed by atoms with Gasteiger partial charge in [-0.25, -0.2) is 0 Å². The number of aliphatic hydroxyl groups excluding tert-OH is 1. The van der Waals surface area contributed by atoms with Gasteiger partial charge in [0.25, 0.3) is 0 Å². The summed E-state index contributed by atoms with van der Waals surface area (Å²) in [6.07, 6.45) is 0.622. The van der Waals surface area contributed by atoms with Crippen LogP contribution in [0.25, 0.3) is 0 Å². The van der Waals surface area contributed by atoms with Crippen LogP contribution >= 0.6 is 0 Å². The number of hydrogen-bond donors (Lipinski definition) is 2. The molecule has 0 aliphatic carbocycles. The third kappa shape index (κ3) is 2.72. The van der Waals surface area contributed by atoms with Crippen molar-refractivity contribution >= 4 is 0 Å². The van der Waals surface area contributed by atoms with Crippen LogP contribution in [0.4, 0.5) is 0 Å². The number of nitrogens with zero attached hydrogens (tertiary/aromatic N) is 1. The van der Waals surface area contributed by atoms with Crippen molar-refractivity contribution in [3.8, 4) is 0 Å². The molecule has 0 bridgehead atoms. The van der Waals surface area contributed by atoms with Crippen LogP contribution in [-0.2, 0) is 5.60 Å². The van der Waals surface area contributed by atoms with Crippen LogP contribution in [-0.4, -0.2) is 34.9 Å². The Bertz CT molecular complexity index is 572. The van der Waals surface area contributed by atoms with Gasteiger partial charge in [-0.2, -0.15) is 0 Å². The van der Waals surface area contributed by atoms with Gasteiger partial charge in [0.1, 0.15) is 0 Å². The topological polar surface area (TPSA) is 43.7 Å². The molecule has 1 aliphatic rings. The van der Waals surface area contributed by atoms with E-state index >= 15 is 0 Å². The minimum atomic E-state index is -0.881. The Morgan fingerprint density at radius 1 is 1.00 bits per heavy atom. The van der Waals surface area contributed by atoms with E-state index in [0.717, 1.165) is 11.1 Å². The van der Waals surface area contributed by atoms with Crippen molar-refractivity contribution in [2.75, 3.05) is 19.8 Å². The van der Waals surface area contributed by atoms with Crippen molar-refractivity contribution in [1.82, 2.24) is 4.90 Å². The molecule has 2 aromatic rings. The molecule has 0 spiro atoms. The number of aliphatic hydroxyl groups is 2. The maximum absolute atomic E-state index is 11.4. The largest absolute Gasteiger partial charge is 0.384 e. The first-order valence-corrected chi connectivity index (χ1v) is 7.40. The van der Waals surface area contributed by atoms with E-state index in [1.807, 2.05) is 53.4 Å². The summed E-state index contributed by atoms with van der Waals surface area (Å²) in [7, 11) is 0. The molecule has 3 nitrogen and oxygen atoms in total. The zero-order valence-corrected chi connectivity index (χ0v) is 12.0. The predicted molar refractivity (Wildman–Crippen MR) is 82.8 cm³/mol. The quantitative estimate of drug-likeness (QED) is 0.908. The third-order valence-corrected chi connectivity index (χ3v) is 4.50. The van der Waals surface area contributed by atoms with Gasteiger partial charge in [0.15, 0.2) is 0 Å². The number of hydrogen-bond acceptors (Lipinski definition) is 3. The van der Waals surface area contributed by atoms with Crippen molar-refractivity contribution in [3.05, 3.63) is 71.8 Å². The van der Waals surface area contributed by atoms with E-state index in [1.54, 1.807) is 0 Å². The first-order chi connectivity index (χ1) is 10.2. The molecule has 0 radical (unpaired) electrons. The highest BCUT2D eigenvalue weighted by molar-refractivity contribution is 5.32. The lowest BCUT2D eigenvalue weighted by Crippen LogP contribution is -2.48. The van der Waals surface area contributed by atoms with Crippen LogP contribution in [0.1, 0.15) is 23.5 Å². The first-order valence-electron chi connectivity index (χ1n) is 7.40. The fraction of sp³-hybridized carbons (Fsp3) is 0.333. The molecule has 21 heavy (non-hydrogen) atoms. The molecule has 2 atom stereocenters. The van der Waals surface area contributed by atoms with E-state index in [-0.39, 0.29) is 12.6 Å². The molecule has 3 rings (SSSR count). The van der Waals surface area contributed by atoms with Crippen LogP contribution in [0, 0.1) is 0 Å². The molecule has 0 saturated carbocycles. The highest BCUT2D eigenvalue weighted by Crippen LogP contribution is 2.43. The highest BCUT2D eigenvalue weighted by Gasteiger charge is 2.43. The molecule has 2 N–H and O–H groups in total. The fourth-order valence-electron chi connectivity index (χ4n) is 3.27. The Hall–Kier alpha value is -1.68. The van der Waals surface area contributed by atoms with Crippen LogP contribution in [0.15, 0.2) is 60.7 Å². The van der Waals surface area contributed by atoms with E-state index < -0.39 is 5.60 Å². The number of rotatable bonds is 3. The van der Waals surface area contributed by atoms with Gasteiger partial charge in [-0.15, -0.1) is 0 Å². The normalized spacial score (nSPS) is 26.7. The Balaban J connectivity index is 2.01. The summed E-state index contributed by atoms with van der Waals surface area (Å²) in [5.74, 6) is -0.0398. The van der Waals surface area contributed by atoms with Crippen molar-refractivity contribution in [2.24, 2.45) is 0 Å². The number of piperidine rings is 1. The van der Waals surface area contributed by atoms with E-state index in [9.17, 15) is 10.2 Å². The molecule has 1 aliphatic heterocycles. The standard InChI is InChI=1S/C18H21NO2/c20-14-19-12-11-18(21,16-9-5-2-6-10-16)17(13-19)15-7-3-1-4-8-15/h1-10,17,20-21H,11-14H2. The molecule has 110 valence electrons. The lowest BCUT2D eigenvalue weighted by atomic mass is 9.73. The Morgan fingerprint density at radius 2 is 1.62 bits per heavy atom. The average molecular weight is 283 g/mol. The summed E-state index contributed by atoms with van der Waals surface area (Å²) < 4.78 is 0. The SMILES string of the molecule is OCN1CCC(O)(c2ccccc2)C(c2ccccc2)C1. The molecule has 1 heterocycles. The van der Waals surface area contributed by atoms with Crippen LogP contribution in [0.5, 0.6) is 0 Å². The van der Waals surface area contributed by atoms with E-state index in [0.29, 0.717) is 19.5 Å². The molecule has 3 heteroatoms. The molecule has 1 saturated heterocycles. The lowest BCUT2D eigenvalue weighted by molar-refractivity contribution is -0.0633. The number of benzene rings is 2. The number of likely N-dealkylation sites (tertiary alicyclic amines) is 1. The van der Waals surface area contributed by atoms with Gasteiger partial charge in [0.05, 0.1) is 12.3 Å². The summed E-state index contributed by atoms with van der Waals surface area (Å²) >= 11 is 0. The second-order valence-electron chi connectivity index (χ2n) is 5.72. The summed E-state index contributed by atoms with van der Waals surface area (Å²) in [6, 6.07) is 20.0. The molecule has 2 unspecified atom stereocenters. The lowest BCUT2D eigenvalue weighted by Gasteiger charge is -2.44. The monoisotopic (exact) mass is 283 g/mol. The van der Waals surface area contributed by atoms with Crippen molar-refractivity contribution in [1.29, 1.82) is 0 Å². The smallest absolute Gasteiger partial charge is 0.0989 e. The van der Waals surface area contributed by atoms with Gasteiger partial charge in [0, 0.05) is 19.0 Å². The van der Waals surface area contributed by atoms with Gasteiger partial charge >= 0.3 is 0 Å². The summed E-state index contributed by atoms with van der Waals surface area (Å²) in [4.78, 5) is 1.98. The van der Waals surface area contributed by atoms with Gasteiger partial charge in [0.2, 0.25) is 0 Å². The Morgan fingerprint density at radius 3 is 2.24 bits per heavy atom. The molecular formula is C18H21NO2. The second kappa shape index (κ2) is 5.98. The summed E-state index contributed by atoms with van der Waals surface area (Å²) in [5, 5.41) is 20.8. The van der Waals surface area contributed by atoms with E-state index in [1.165, 1.54) is 0 Å². The Labute approximate surface area is 125 Å².